The maximum absolute atomic E-state index is 9.46. The normalized spacial score (nSPS) is 16.9. The molecule has 0 aliphatic heterocycles. The maximum Gasteiger partial charge on any atom is 0.189 e. The zero-order chi connectivity index (χ0) is 12.3. The molecule has 1 saturated carbocycles. The third-order valence-electron chi connectivity index (χ3n) is 3.03. The van der Waals surface area contributed by atoms with Crippen molar-refractivity contribution in [2.24, 2.45) is 5.92 Å². The molecule has 0 unspecified atom stereocenters. The van der Waals surface area contributed by atoms with Crippen LogP contribution in [0.5, 0.6) is 5.75 Å². The molecule has 1 aliphatic rings. The number of aliphatic hydroxyl groups excluding tert-OH is 1. The Bertz CT molecular complexity index is 370. The second kappa shape index (κ2) is 5.52. The van der Waals surface area contributed by atoms with Crippen molar-refractivity contribution in [2.75, 3.05) is 13.4 Å². The molecule has 0 bridgehead atoms. The second-order valence-corrected chi connectivity index (χ2v) is 4.78. The van der Waals surface area contributed by atoms with E-state index in [9.17, 15) is 5.11 Å². The third kappa shape index (κ3) is 3.72. The molecule has 1 N–H and O–H groups in total. The highest BCUT2D eigenvalue weighted by atomic mass is 16.7. The minimum Gasteiger partial charge on any atom is -0.467 e. The molecular formula is C14H20O3. The van der Waals surface area contributed by atoms with Crippen LogP contribution in [0.2, 0.25) is 0 Å². The van der Waals surface area contributed by atoms with E-state index < -0.39 is 6.10 Å². The quantitative estimate of drug-likeness (QED) is 0.609. The highest BCUT2D eigenvalue weighted by molar-refractivity contribution is 5.36. The van der Waals surface area contributed by atoms with Gasteiger partial charge in [0, 0.05) is 0 Å². The SMILES string of the molecule is Cc1cc([C@@H](C)O)ccc1OCOCC1CC1. The fraction of sp³-hybridized carbons (Fsp3) is 0.571. The molecule has 0 heterocycles. The molecule has 3 heteroatoms. The lowest BCUT2D eigenvalue weighted by Crippen LogP contribution is -2.06. The van der Waals surface area contributed by atoms with Crippen molar-refractivity contribution in [3.63, 3.8) is 0 Å². The van der Waals surface area contributed by atoms with Crippen LogP contribution in [0.15, 0.2) is 18.2 Å². The number of rotatable bonds is 6. The highest BCUT2D eigenvalue weighted by Crippen LogP contribution is 2.29. The Morgan fingerprint density at radius 1 is 1.41 bits per heavy atom. The molecule has 0 aromatic heterocycles. The van der Waals surface area contributed by atoms with Gasteiger partial charge in [-0.25, -0.2) is 0 Å². The summed E-state index contributed by atoms with van der Waals surface area (Å²) in [6, 6.07) is 5.71. The minimum atomic E-state index is -0.436. The Hall–Kier alpha value is -1.06. The molecule has 1 atom stereocenters. The largest absolute Gasteiger partial charge is 0.467 e. The molecule has 0 spiro atoms. The topological polar surface area (TPSA) is 38.7 Å². The molecule has 1 aromatic carbocycles. The molecule has 94 valence electrons. The Kier molecular flexibility index (Phi) is 4.02. The van der Waals surface area contributed by atoms with E-state index in [1.807, 2.05) is 25.1 Å². The molecule has 1 aliphatic carbocycles. The standard InChI is InChI=1S/C14H20O3/c1-10-7-13(11(2)15)5-6-14(10)17-9-16-8-12-3-4-12/h5-7,11-12,15H,3-4,8-9H2,1-2H3/t11-/m1/s1. The fourth-order valence-corrected chi connectivity index (χ4v) is 1.70. The summed E-state index contributed by atoms with van der Waals surface area (Å²) in [5, 5.41) is 9.46. The first-order valence-electron chi connectivity index (χ1n) is 6.16. The van der Waals surface area contributed by atoms with Crippen LogP contribution in [0.1, 0.15) is 37.0 Å². The van der Waals surface area contributed by atoms with Gasteiger partial charge in [-0.05, 0) is 55.9 Å². The van der Waals surface area contributed by atoms with Crippen LogP contribution in [-0.2, 0) is 4.74 Å². The van der Waals surface area contributed by atoms with Crippen LogP contribution in [0.25, 0.3) is 0 Å². The maximum atomic E-state index is 9.46. The van der Waals surface area contributed by atoms with E-state index in [4.69, 9.17) is 9.47 Å². The van der Waals surface area contributed by atoms with E-state index in [1.165, 1.54) is 12.8 Å². The number of aliphatic hydroxyl groups is 1. The van der Waals surface area contributed by atoms with Gasteiger partial charge in [0.1, 0.15) is 5.75 Å². The van der Waals surface area contributed by atoms with Gasteiger partial charge < -0.3 is 14.6 Å². The predicted molar refractivity (Wildman–Crippen MR) is 66.0 cm³/mol. The van der Waals surface area contributed by atoms with E-state index in [0.29, 0.717) is 6.79 Å². The number of hydrogen-bond donors (Lipinski definition) is 1. The molecule has 17 heavy (non-hydrogen) atoms. The summed E-state index contributed by atoms with van der Waals surface area (Å²) in [6.45, 7) is 4.85. The summed E-state index contributed by atoms with van der Waals surface area (Å²) in [5.74, 6) is 1.59. The fourth-order valence-electron chi connectivity index (χ4n) is 1.70. The zero-order valence-corrected chi connectivity index (χ0v) is 10.5. The van der Waals surface area contributed by atoms with Crippen molar-refractivity contribution >= 4 is 0 Å². The first kappa shape index (κ1) is 12.4. The van der Waals surface area contributed by atoms with Gasteiger partial charge in [0.15, 0.2) is 6.79 Å². The lowest BCUT2D eigenvalue weighted by atomic mass is 10.1. The van der Waals surface area contributed by atoms with Crippen LogP contribution < -0.4 is 4.74 Å². The van der Waals surface area contributed by atoms with Gasteiger partial charge in [0.05, 0.1) is 12.7 Å². The van der Waals surface area contributed by atoms with E-state index in [-0.39, 0.29) is 0 Å². The summed E-state index contributed by atoms with van der Waals surface area (Å²) in [6.07, 6.45) is 2.15. The Labute approximate surface area is 102 Å². The number of hydrogen-bond acceptors (Lipinski definition) is 3. The number of benzene rings is 1. The van der Waals surface area contributed by atoms with Crippen LogP contribution in [0, 0.1) is 12.8 Å². The van der Waals surface area contributed by atoms with Gasteiger partial charge in [0.2, 0.25) is 0 Å². The van der Waals surface area contributed by atoms with Crippen LogP contribution in [0.3, 0.4) is 0 Å². The van der Waals surface area contributed by atoms with Crippen molar-refractivity contribution in [3.8, 4) is 5.75 Å². The van der Waals surface area contributed by atoms with Gasteiger partial charge in [-0.2, -0.15) is 0 Å². The van der Waals surface area contributed by atoms with E-state index in [0.717, 1.165) is 29.4 Å². The molecule has 0 radical (unpaired) electrons. The first-order valence-corrected chi connectivity index (χ1v) is 6.16. The second-order valence-electron chi connectivity index (χ2n) is 4.78. The predicted octanol–water partition coefficient (Wildman–Crippen LogP) is 2.81. The molecule has 3 nitrogen and oxygen atoms in total. The van der Waals surface area contributed by atoms with Crippen molar-refractivity contribution in [3.05, 3.63) is 29.3 Å². The number of aryl methyl sites for hydroxylation is 1. The molecule has 2 rings (SSSR count). The summed E-state index contributed by atoms with van der Waals surface area (Å²) in [4.78, 5) is 0. The Balaban J connectivity index is 1.82. The highest BCUT2D eigenvalue weighted by Gasteiger charge is 2.21. The van der Waals surface area contributed by atoms with Gasteiger partial charge >= 0.3 is 0 Å². The first-order chi connectivity index (χ1) is 8.16. The molecule has 1 aromatic rings. The van der Waals surface area contributed by atoms with E-state index in [1.54, 1.807) is 6.92 Å². The van der Waals surface area contributed by atoms with Crippen molar-refractivity contribution in [1.82, 2.24) is 0 Å². The lowest BCUT2D eigenvalue weighted by Gasteiger charge is -2.12. The van der Waals surface area contributed by atoms with Gasteiger partial charge in [-0.1, -0.05) is 6.07 Å². The Morgan fingerprint density at radius 3 is 2.76 bits per heavy atom. The van der Waals surface area contributed by atoms with Crippen LogP contribution in [-0.4, -0.2) is 18.5 Å². The molecule has 0 saturated heterocycles. The number of ether oxygens (including phenoxy) is 2. The summed E-state index contributed by atoms with van der Waals surface area (Å²) in [5.41, 5.74) is 1.94. The monoisotopic (exact) mass is 236 g/mol. The van der Waals surface area contributed by atoms with E-state index >= 15 is 0 Å². The van der Waals surface area contributed by atoms with Crippen LogP contribution >= 0.6 is 0 Å². The van der Waals surface area contributed by atoms with Gasteiger partial charge in [-0.15, -0.1) is 0 Å². The van der Waals surface area contributed by atoms with Crippen molar-refractivity contribution < 1.29 is 14.6 Å². The Morgan fingerprint density at radius 2 is 2.18 bits per heavy atom. The molecule has 1 fully saturated rings. The molecule has 0 amide bonds. The third-order valence-corrected chi connectivity index (χ3v) is 3.03. The molecular weight excluding hydrogens is 216 g/mol. The average molecular weight is 236 g/mol. The summed E-state index contributed by atoms with van der Waals surface area (Å²) in [7, 11) is 0. The van der Waals surface area contributed by atoms with E-state index in [2.05, 4.69) is 0 Å². The van der Waals surface area contributed by atoms with Crippen molar-refractivity contribution in [1.29, 1.82) is 0 Å². The van der Waals surface area contributed by atoms with Gasteiger partial charge in [0.25, 0.3) is 0 Å². The average Bonchev–Trinajstić information content (AvgIpc) is 3.09. The zero-order valence-electron chi connectivity index (χ0n) is 10.5. The van der Waals surface area contributed by atoms with Gasteiger partial charge in [-0.3, -0.25) is 0 Å². The van der Waals surface area contributed by atoms with Crippen LogP contribution in [0.4, 0.5) is 0 Å². The summed E-state index contributed by atoms with van der Waals surface area (Å²) < 4.78 is 11.0. The van der Waals surface area contributed by atoms with Crippen molar-refractivity contribution in [2.45, 2.75) is 32.8 Å². The summed E-state index contributed by atoms with van der Waals surface area (Å²) >= 11 is 0. The lowest BCUT2D eigenvalue weighted by molar-refractivity contribution is 0.00958. The smallest absolute Gasteiger partial charge is 0.189 e. The minimum absolute atomic E-state index is 0.311.